The molecule has 13 heavy (non-hydrogen) atoms. The van der Waals surface area contributed by atoms with Crippen LogP contribution < -0.4 is 0 Å². The number of aliphatic hydroxyl groups excluding tert-OH is 1. The minimum absolute atomic E-state index is 0.295. The van der Waals surface area contributed by atoms with Gasteiger partial charge in [-0.25, -0.2) is 0 Å². The predicted molar refractivity (Wildman–Crippen MR) is 54.9 cm³/mol. The number of aliphatic hydroxyl groups is 1. The van der Waals surface area contributed by atoms with E-state index in [1.54, 1.807) is 0 Å². The summed E-state index contributed by atoms with van der Waals surface area (Å²) in [7, 11) is 0. The number of piperazine rings is 1. The average molecular weight is 186 g/mol. The van der Waals surface area contributed by atoms with Gasteiger partial charge in [0.2, 0.25) is 0 Å². The first kappa shape index (κ1) is 11.0. The number of β-amino-alcohol motifs (C(OH)–C–C–N with tert-alkyl or cyclic N) is 1. The maximum Gasteiger partial charge on any atom is 0.0558 e. The summed E-state index contributed by atoms with van der Waals surface area (Å²) in [6.45, 7) is 10.2. The molecule has 0 aromatic rings. The highest BCUT2D eigenvalue weighted by Gasteiger charge is 2.19. The Hall–Kier alpha value is -0.120. The molecule has 1 N–H and O–H groups in total. The summed E-state index contributed by atoms with van der Waals surface area (Å²) in [4.78, 5) is 4.87. The van der Waals surface area contributed by atoms with Crippen LogP contribution in [0.25, 0.3) is 0 Å². The molecule has 0 bridgehead atoms. The first-order chi connectivity index (χ1) is 6.27. The van der Waals surface area contributed by atoms with Gasteiger partial charge >= 0.3 is 0 Å². The van der Waals surface area contributed by atoms with Crippen LogP contribution in [0.3, 0.4) is 0 Å². The van der Waals surface area contributed by atoms with Crippen molar-refractivity contribution in [3.8, 4) is 0 Å². The quantitative estimate of drug-likeness (QED) is 0.688. The molecule has 0 amide bonds. The number of rotatable bonds is 4. The molecule has 1 atom stereocenters. The fraction of sp³-hybridized carbons (Fsp3) is 1.00. The molecule has 0 radical (unpaired) electrons. The molecule has 1 unspecified atom stereocenters. The van der Waals surface area contributed by atoms with Crippen molar-refractivity contribution in [3.63, 3.8) is 0 Å². The summed E-state index contributed by atoms with van der Waals surface area (Å²) >= 11 is 0. The van der Waals surface area contributed by atoms with E-state index in [0.717, 1.165) is 38.8 Å². The summed E-state index contributed by atoms with van der Waals surface area (Å²) in [5.41, 5.74) is 0. The summed E-state index contributed by atoms with van der Waals surface area (Å²) in [6, 6.07) is 0.719. The van der Waals surface area contributed by atoms with Gasteiger partial charge in [-0.1, -0.05) is 6.92 Å². The first-order valence-corrected chi connectivity index (χ1v) is 5.35. The Morgan fingerprint density at radius 3 is 2.31 bits per heavy atom. The first-order valence-electron chi connectivity index (χ1n) is 5.35. The van der Waals surface area contributed by atoms with Crippen molar-refractivity contribution in [3.05, 3.63) is 0 Å². The van der Waals surface area contributed by atoms with E-state index in [2.05, 4.69) is 23.6 Å². The number of hydrogen-bond acceptors (Lipinski definition) is 3. The summed E-state index contributed by atoms with van der Waals surface area (Å²) in [5, 5.41) is 8.78. The van der Waals surface area contributed by atoms with Gasteiger partial charge in [-0.2, -0.15) is 0 Å². The molecule has 1 saturated heterocycles. The van der Waals surface area contributed by atoms with Gasteiger partial charge in [0, 0.05) is 38.8 Å². The summed E-state index contributed by atoms with van der Waals surface area (Å²) in [5.74, 6) is 0. The maximum absolute atomic E-state index is 8.78. The highest BCUT2D eigenvalue weighted by atomic mass is 16.3. The lowest BCUT2D eigenvalue weighted by atomic mass is 10.2. The van der Waals surface area contributed by atoms with Crippen LogP contribution in [0.4, 0.5) is 0 Å². The van der Waals surface area contributed by atoms with E-state index in [-0.39, 0.29) is 0 Å². The standard InChI is InChI=1S/C10H22N2O/c1-3-10(2)12-6-4-11(5-7-12)8-9-13/h10,13H,3-9H2,1-2H3. The van der Waals surface area contributed by atoms with E-state index >= 15 is 0 Å². The van der Waals surface area contributed by atoms with Crippen molar-refractivity contribution in [2.45, 2.75) is 26.3 Å². The summed E-state index contributed by atoms with van der Waals surface area (Å²) < 4.78 is 0. The molecule has 0 saturated carbocycles. The Morgan fingerprint density at radius 2 is 1.85 bits per heavy atom. The van der Waals surface area contributed by atoms with E-state index in [1.165, 1.54) is 6.42 Å². The smallest absolute Gasteiger partial charge is 0.0558 e. The van der Waals surface area contributed by atoms with E-state index in [9.17, 15) is 0 Å². The zero-order chi connectivity index (χ0) is 9.68. The third-order valence-electron chi connectivity index (χ3n) is 3.04. The second kappa shape index (κ2) is 5.58. The Balaban J connectivity index is 2.22. The zero-order valence-corrected chi connectivity index (χ0v) is 8.87. The molecular formula is C10H22N2O. The topological polar surface area (TPSA) is 26.7 Å². The van der Waals surface area contributed by atoms with Gasteiger partial charge in [0.1, 0.15) is 0 Å². The van der Waals surface area contributed by atoms with Crippen molar-refractivity contribution >= 4 is 0 Å². The largest absolute Gasteiger partial charge is 0.395 e. The molecule has 1 heterocycles. The van der Waals surface area contributed by atoms with Gasteiger partial charge in [0.05, 0.1) is 6.61 Å². The van der Waals surface area contributed by atoms with Crippen LogP contribution in [-0.2, 0) is 0 Å². The van der Waals surface area contributed by atoms with Crippen LogP contribution in [0.15, 0.2) is 0 Å². The van der Waals surface area contributed by atoms with Crippen LogP contribution in [0.2, 0.25) is 0 Å². The van der Waals surface area contributed by atoms with Crippen molar-refractivity contribution in [1.29, 1.82) is 0 Å². The average Bonchev–Trinajstić information content (AvgIpc) is 2.18. The van der Waals surface area contributed by atoms with E-state index in [0.29, 0.717) is 6.61 Å². The fourth-order valence-corrected chi connectivity index (χ4v) is 1.83. The van der Waals surface area contributed by atoms with Gasteiger partial charge in [0.15, 0.2) is 0 Å². The lowest BCUT2D eigenvalue weighted by Crippen LogP contribution is -2.49. The molecule has 0 aromatic carbocycles. The van der Waals surface area contributed by atoms with Gasteiger partial charge < -0.3 is 5.11 Å². The van der Waals surface area contributed by atoms with Crippen LogP contribution >= 0.6 is 0 Å². The van der Waals surface area contributed by atoms with Crippen LogP contribution in [-0.4, -0.2) is 60.3 Å². The molecule has 0 aromatic heterocycles. The molecule has 1 fully saturated rings. The van der Waals surface area contributed by atoms with Gasteiger partial charge in [-0.15, -0.1) is 0 Å². The molecular weight excluding hydrogens is 164 g/mol. The number of nitrogens with zero attached hydrogens (tertiary/aromatic N) is 2. The Bertz CT molecular complexity index is 133. The lowest BCUT2D eigenvalue weighted by Gasteiger charge is -2.37. The number of hydrogen-bond donors (Lipinski definition) is 1. The van der Waals surface area contributed by atoms with Gasteiger partial charge in [-0.3, -0.25) is 9.80 Å². The van der Waals surface area contributed by atoms with Crippen molar-refractivity contribution < 1.29 is 5.11 Å². The molecule has 1 aliphatic heterocycles. The molecule has 3 nitrogen and oxygen atoms in total. The Kier molecular flexibility index (Phi) is 4.70. The highest BCUT2D eigenvalue weighted by Crippen LogP contribution is 2.07. The minimum atomic E-state index is 0.295. The van der Waals surface area contributed by atoms with E-state index in [1.807, 2.05) is 0 Å². The monoisotopic (exact) mass is 186 g/mol. The SMILES string of the molecule is CCC(C)N1CCN(CCO)CC1. The van der Waals surface area contributed by atoms with E-state index in [4.69, 9.17) is 5.11 Å². The lowest BCUT2D eigenvalue weighted by molar-refractivity contribution is 0.0876. The Labute approximate surface area is 81.3 Å². The molecule has 3 heteroatoms. The molecule has 78 valence electrons. The van der Waals surface area contributed by atoms with Gasteiger partial charge in [0.25, 0.3) is 0 Å². The fourth-order valence-electron chi connectivity index (χ4n) is 1.83. The van der Waals surface area contributed by atoms with Crippen LogP contribution in [0, 0.1) is 0 Å². The second-order valence-corrected chi connectivity index (χ2v) is 3.86. The van der Waals surface area contributed by atoms with Crippen LogP contribution in [0.5, 0.6) is 0 Å². The third kappa shape index (κ3) is 3.25. The van der Waals surface area contributed by atoms with Gasteiger partial charge in [-0.05, 0) is 13.3 Å². The maximum atomic E-state index is 8.78. The zero-order valence-electron chi connectivity index (χ0n) is 8.87. The van der Waals surface area contributed by atoms with E-state index < -0.39 is 0 Å². The van der Waals surface area contributed by atoms with Crippen molar-refractivity contribution in [2.24, 2.45) is 0 Å². The summed E-state index contributed by atoms with van der Waals surface area (Å²) in [6.07, 6.45) is 1.24. The van der Waals surface area contributed by atoms with Crippen molar-refractivity contribution in [2.75, 3.05) is 39.3 Å². The molecule has 1 aliphatic rings. The van der Waals surface area contributed by atoms with Crippen molar-refractivity contribution in [1.82, 2.24) is 9.80 Å². The second-order valence-electron chi connectivity index (χ2n) is 3.86. The third-order valence-corrected chi connectivity index (χ3v) is 3.04. The molecule has 1 rings (SSSR count). The molecule has 0 aliphatic carbocycles. The Morgan fingerprint density at radius 1 is 1.23 bits per heavy atom. The minimum Gasteiger partial charge on any atom is -0.395 e. The van der Waals surface area contributed by atoms with Crippen LogP contribution in [0.1, 0.15) is 20.3 Å². The highest BCUT2D eigenvalue weighted by molar-refractivity contribution is 4.75. The normalized spacial score (nSPS) is 23.3. The molecule has 0 spiro atoms. The predicted octanol–water partition coefficient (Wildman–Crippen LogP) is 0.395.